The zero-order chi connectivity index (χ0) is 18.7. The number of rotatable bonds is 3. The lowest BCUT2D eigenvalue weighted by Crippen LogP contribution is -2.34. The number of nitrogens with zero attached hydrogens (tertiary/aromatic N) is 2. The van der Waals surface area contributed by atoms with Crippen LogP contribution in [0, 0.1) is 17.0 Å². The molecule has 0 aliphatic carbocycles. The van der Waals surface area contributed by atoms with Gasteiger partial charge in [0.05, 0.1) is 16.1 Å². The van der Waals surface area contributed by atoms with Crippen LogP contribution < -0.4 is 10.6 Å². The van der Waals surface area contributed by atoms with E-state index in [1.165, 1.54) is 25.1 Å². The Morgan fingerprint density at radius 1 is 1.15 bits per heavy atom. The topological polar surface area (TPSA) is 97.2 Å². The molecule has 7 nitrogen and oxygen atoms in total. The van der Waals surface area contributed by atoms with E-state index in [0.29, 0.717) is 5.69 Å². The van der Waals surface area contributed by atoms with E-state index in [-0.39, 0.29) is 21.9 Å². The molecule has 0 radical (unpaired) electrons. The smallest absolute Gasteiger partial charge is 0.273 e. The van der Waals surface area contributed by atoms with E-state index in [0.717, 1.165) is 10.9 Å². The highest BCUT2D eigenvalue weighted by atomic mass is 32.1. The summed E-state index contributed by atoms with van der Waals surface area (Å²) in [6, 6.07) is 13.6. The van der Waals surface area contributed by atoms with E-state index in [1.807, 2.05) is 24.3 Å². The van der Waals surface area contributed by atoms with Crippen LogP contribution >= 0.6 is 12.2 Å². The molecule has 0 spiro atoms. The minimum Gasteiger partial charge on any atom is -0.331 e. The summed E-state index contributed by atoms with van der Waals surface area (Å²) < 4.78 is 0. The van der Waals surface area contributed by atoms with Crippen LogP contribution in [-0.2, 0) is 0 Å². The van der Waals surface area contributed by atoms with Gasteiger partial charge >= 0.3 is 0 Å². The third-order valence-electron chi connectivity index (χ3n) is 3.85. The fourth-order valence-corrected chi connectivity index (χ4v) is 2.80. The van der Waals surface area contributed by atoms with Gasteiger partial charge in [-0.05, 0) is 37.3 Å². The van der Waals surface area contributed by atoms with Crippen LogP contribution in [0.5, 0.6) is 0 Å². The highest BCUT2D eigenvalue weighted by molar-refractivity contribution is 7.80. The quantitative estimate of drug-likeness (QED) is 0.418. The Morgan fingerprint density at radius 2 is 1.88 bits per heavy atom. The van der Waals surface area contributed by atoms with Crippen LogP contribution in [0.2, 0.25) is 0 Å². The molecule has 0 aliphatic heterocycles. The number of para-hydroxylation sites is 1. The predicted octanol–water partition coefficient (Wildman–Crippen LogP) is 3.58. The number of carbonyl (C=O) groups is 1. The molecule has 0 aliphatic rings. The third-order valence-corrected chi connectivity index (χ3v) is 4.06. The number of fused-ring (bicyclic) bond motifs is 1. The summed E-state index contributed by atoms with van der Waals surface area (Å²) in [6.07, 6.45) is 1.67. The maximum atomic E-state index is 12.4. The molecule has 0 bridgehead atoms. The summed E-state index contributed by atoms with van der Waals surface area (Å²) in [6.45, 7) is 1.53. The number of benzene rings is 2. The first-order valence-corrected chi connectivity index (χ1v) is 8.08. The monoisotopic (exact) mass is 366 g/mol. The van der Waals surface area contributed by atoms with Gasteiger partial charge < -0.3 is 5.32 Å². The van der Waals surface area contributed by atoms with Crippen molar-refractivity contribution in [2.45, 2.75) is 6.92 Å². The highest BCUT2D eigenvalue weighted by Gasteiger charge is 2.18. The van der Waals surface area contributed by atoms with E-state index in [1.54, 1.807) is 12.3 Å². The molecule has 0 fully saturated rings. The number of hydrogen-bond acceptors (Lipinski definition) is 5. The molecule has 2 aromatic carbocycles. The molecule has 3 rings (SSSR count). The molecule has 3 aromatic rings. The molecule has 26 heavy (non-hydrogen) atoms. The maximum absolute atomic E-state index is 12.4. The van der Waals surface area contributed by atoms with Gasteiger partial charge in [0.2, 0.25) is 0 Å². The molecule has 1 amide bonds. The first kappa shape index (κ1) is 17.4. The van der Waals surface area contributed by atoms with Crippen LogP contribution in [0.1, 0.15) is 15.9 Å². The maximum Gasteiger partial charge on any atom is 0.273 e. The second-order valence-electron chi connectivity index (χ2n) is 5.50. The minimum atomic E-state index is -0.523. The first-order valence-electron chi connectivity index (χ1n) is 7.67. The summed E-state index contributed by atoms with van der Waals surface area (Å²) in [5.74, 6) is -0.517. The molecule has 0 unspecified atom stereocenters. The molecule has 0 saturated heterocycles. The Bertz CT molecular complexity index is 1030. The van der Waals surface area contributed by atoms with Gasteiger partial charge in [-0.1, -0.05) is 24.3 Å². The molecule has 130 valence electrons. The van der Waals surface area contributed by atoms with Gasteiger partial charge in [-0.2, -0.15) is 0 Å². The first-order chi connectivity index (χ1) is 12.5. The molecule has 0 atom stereocenters. The van der Waals surface area contributed by atoms with E-state index in [9.17, 15) is 14.9 Å². The Labute approximate surface area is 154 Å². The van der Waals surface area contributed by atoms with E-state index in [2.05, 4.69) is 15.6 Å². The molecular weight excluding hydrogens is 352 g/mol. The Kier molecular flexibility index (Phi) is 4.85. The average Bonchev–Trinajstić information content (AvgIpc) is 2.61. The van der Waals surface area contributed by atoms with Crippen molar-refractivity contribution in [3.05, 3.63) is 76.0 Å². The Morgan fingerprint density at radius 3 is 2.65 bits per heavy atom. The van der Waals surface area contributed by atoms with Gasteiger partial charge in [0.1, 0.15) is 0 Å². The molecule has 2 N–H and O–H groups in total. The SMILES string of the molecule is Cc1c(C(=O)NC(=S)Nc2cccc3cccnc23)cccc1[N+](=O)[O-]. The van der Waals surface area contributed by atoms with Crippen LogP contribution in [0.4, 0.5) is 11.4 Å². The second kappa shape index (κ2) is 7.24. The fourth-order valence-electron chi connectivity index (χ4n) is 2.60. The fraction of sp³-hybridized carbons (Fsp3) is 0.0556. The summed E-state index contributed by atoms with van der Waals surface area (Å²) in [4.78, 5) is 27.2. The van der Waals surface area contributed by atoms with Crippen LogP contribution in [0.3, 0.4) is 0 Å². The van der Waals surface area contributed by atoms with E-state index in [4.69, 9.17) is 12.2 Å². The van der Waals surface area contributed by atoms with Gasteiger partial charge in [-0.25, -0.2) is 0 Å². The van der Waals surface area contributed by atoms with Crippen molar-refractivity contribution in [3.8, 4) is 0 Å². The minimum absolute atomic E-state index is 0.0825. The lowest BCUT2D eigenvalue weighted by molar-refractivity contribution is -0.385. The molecule has 0 saturated carbocycles. The lowest BCUT2D eigenvalue weighted by atomic mass is 10.1. The average molecular weight is 366 g/mol. The van der Waals surface area contributed by atoms with Crippen molar-refractivity contribution in [2.24, 2.45) is 0 Å². The number of thiocarbonyl (C=S) groups is 1. The number of hydrogen-bond donors (Lipinski definition) is 2. The molecular formula is C18H14N4O3S. The van der Waals surface area contributed by atoms with Crippen molar-refractivity contribution in [1.29, 1.82) is 0 Å². The van der Waals surface area contributed by atoms with E-state index >= 15 is 0 Å². The number of anilines is 1. The highest BCUT2D eigenvalue weighted by Crippen LogP contribution is 2.22. The molecule has 1 heterocycles. The van der Waals surface area contributed by atoms with Gasteiger partial charge in [-0.15, -0.1) is 0 Å². The number of pyridine rings is 1. The van der Waals surface area contributed by atoms with Gasteiger partial charge in [0.15, 0.2) is 5.11 Å². The number of amides is 1. The number of nitrogens with one attached hydrogen (secondary N) is 2. The van der Waals surface area contributed by atoms with E-state index < -0.39 is 10.8 Å². The Balaban J connectivity index is 1.79. The number of nitro groups is 1. The van der Waals surface area contributed by atoms with Gasteiger partial charge in [-0.3, -0.25) is 25.2 Å². The van der Waals surface area contributed by atoms with Crippen LogP contribution in [-0.4, -0.2) is 20.9 Å². The van der Waals surface area contributed by atoms with Crippen molar-refractivity contribution >= 4 is 45.5 Å². The normalized spacial score (nSPS) is 10.3. The summed E-state index contributed by atoms with van der Waals surface area (Å²) in [5.41, 5.74) is 1.74. The summed E-state index contributed by atoms with van der Waals surface area (Å²) in [7, 11) is 0. The van der Waals surface area contributed by atoms with Crippen molar-refractivity contribution in [1.82, 2.24) is 10.3 Å². The number of aromatic nitrogens is 1. The zero-order valence-electron chi connectivity index (χ0n) is 13.7. The van der Waals surface area contributed by atoms with Crippen LogP contribution in [0.25, 0.3) is 10.9 Å². The second-order valence-corrected chi connectivity index (χ2v) is 5.90. The van der Waals surface area contributed by atoms with Gasteiger partial charge in [0, 0.05) is 28.8 Å². The predicted molar refractivity (Wildman–Crippen MR) is 103 cm³/mol. The van der Waals surface area contributed by atoms with Crippen molar-refractivity contribution in [3.63, 3.8) is 0 Å². The van der Waals surface area contributed by atoms with Crippen molar-refractivity contribution < 1.29 is 9.72 Å². The molecule has 1 aromatic heterocycles. The van der Waals surface area contributed by atoms with Crippen molar-refractivity contribution in [2.75, 3.05) is 5.32 Å². The zero-order valence-corrected chi connectivity index (χ0v) is 14.5. The largest absolute Gasteiger partial charge is 0.331 e. The lowest BCUT2D eigenvalue weighted by Gasteiger charge is -2.12. The number of carbonyl (C=O) groups excluding carboxylic acids is 1. The van der Waals surface area contributed by atoms with Crippen LogP contribution in [0.15, 0.2) is 54.7 Å². The summed E-state index contributed by atoms with van der Waals surface area (Å²) in [5, 5.41) is 17.5. The number of nitro benzene ring substituents is 1. The Hall–Kier alpha value is -3.39. The third kappa shape index (κ3) is 3.50. The molecule has 8 heteroatoms. The van der Waals surface area contributed by atoms with Gasteiger partial charge in [0.25, 0.3) is 11.6 Å². The standard InChI is InChI=1S/C18H14N4O3S/c1-11-13(7-3-9-15(11)22(24)25)17(23)21-18(26)20-14-8-2-5-12-6-4-10-19-16(12)14/h2-10H,1H3,(H2,20,21,23,26). The summed E-state index contributed by atoms with van der Waals surface area (Å²) >= 11 is 5.20.